The maximum absolute atomic E-state index is 12.4. The summed E-state index contributed by atoms with van der Waals surface area (Å²) < 4.78 is 0. The summed E-state index contributed by atoms with van der Waals surface area (Å²) in [5.74, 6) is -3.25. The molecule has 0 heterocycles. The van der Waals surface area contributed by atoms with Gasteiger partial charge in [-0.3, -0.25) is 19.2 Å². The van der Waals surface area contributed by atoms with E-state index in [0.717, 1.165) is 5.56 Å². The predicted octanol–water partition coefficient (Wildman–Crippen LogP) is -2.26. The lowest BCUT2D eigenvalue weighted by molar-refractivity contribution is -0.138. The van der Waals surface area contributed by atoms with Gasteiger partial charge in [-0.25, -0.2) is 0 Å². The monoisotopic (exact) mass is 380 g/mol. The molecule has 3 atom stereocenters. The van der Waals surface area contributed by atoms with Gasteiger partial charge in [0.15, 0.2) is 0 Å². The molecule has 1 aromatic carbocycles. The second-order valence-corrected chi connectivity index (χ2v) is 5.91. The van der Waals surface area contributed by atoms with Crippen molar-refractivity contribution in [2.24, 2.45) is 5.73 Å². The smallest absolute Gasteiger partial charge is 0.322 e. The average molecular weight is 380 g/mol. The molecule has 0 aromatic heterocycles. The molecule has 7 N–H and O–H groups in total. The third kappa shape index (κ3) is 8.29. The van der Waals surface area contributed by atoms with E-state index < -0.39 is 55.0 Å². The van der Waals surface area contributed by atoms with Gasteiger partial charge >= 0.3 is 5.97 Å². The van der Waals surface area contributed by atoms with Crippen LogP contribution in [0.15, 0.2) is 30.3 Å². The van der Waals surface area contributed by atoms with E-state index >= 15 is 0 Å². The first-order valence-corrected chi connectivity index (χ1v) is 8.25. The second kappa shape index (κ2) is 10.9. The van der Waals surface area contributed by atoms with Gasteiger partial charge in [0.2, 0.25) is 17.7 Å². The molecular formula is C17H24N4O6. The fourth-order valence-electron chi connectivity index (χ4n) is 2.07. The Labute approximate surface area is 156 Å². The van der Waals surface area contributed by atoms with Crippen molar-refractivity contribution in [3.05, 3.63) is 35.9 Å². The maximum atomic E-state index is 12.4. The van der Waals surface area contributed by atoms with E-state index in [4.69, 9.17) is 10.8 Å². The Balaban J connectivity index is 2.74. The lowest BCUT2D eigenvalue weighted by Crippen LogP contribution is -2.55. The quantitative estimate of drug-likeness (QED) is 0.266. The van der Waals surface area contributed by atoms with Gasteiger partial charge in [-0.05, 0) is 12.5 Å². The molecule has 27 heavy (non-hydrogen) atoms. The molecule has 0 radical (unpaired) electrons. The highest BCUT2D eigenvalue weighted by Gasteiger charge is 2.26. The first kappa shape index (κ1) is 22.1. The van der Waals surface area contributed by atoms with Crippen LogP contribution in [0.25, 0.3) is 0 Å². The predicted molar refractivity (Wildman–Crippen MR) is 95.4 cm³/mol. The van der Waals surface area contributed by atoms with E-state index in [-0.39, 0.29) is 6.42 Å². The number of nitrogens with one attached hydrogen (secondary N) is 3. The second-order valence-electron chi connectivity index (χ2n) is 5.91. The van der Waals surface area contributed by atoms with Crippen molar-refractivity contribution in [3.63, 3.8) is 0 Å². The molecule has 148 valence electrons. The number of carboxylic acid groups (broad SMARTS) is 1. The molecule has 10 nitrogen and oxygen atoms in total. The van der Waals surface area contributed by atoms with Crippen LogP contribution < -0.4 is 21.7 Å². The van der Waals surface area contributed by atoms with E-state index in [1.54, 1.807) is 30.3 Å². The average Bonchev–Trinajstić information content (AvgIpc) is 2.63. The molecule has 0 aliphatic heterocycles. The van der Waals surface area contributed by atoms with Crippen molar-refractivity contribution >= 4 is 23.7 Å². The maximum Gasteiger partial charge on any atom is 0.322 e. The van der Waals surface area contributed by atoms with Crippen LogP contribution in [-0.4, -0.2) is 65.2 Å². The standard InChI is InChI=1S/C17H24N4O6/c1-10(22)15(18)17(27)21-12(7-11-5-3-2-4-6-11)16(26)20-8-13(23)19-9-14(24)25/h2-6,10,12,15,22H,7-9,18H2,1H3,(H,19,23)(H,20,26)(H,21,27)(H,24,25). The summed E-state index contributed by atoms with van der Waals surface area (Å²) in [6.07, 6.45) is -0.964. The van der Waals surface area contributed by atoms with E-state index in [0.29, 0.717) is 0 Å². The summed E-state index contributed by atoms with van der Waals surface area (Å²) in [6.45, 7) is 0.334. The third-order valence-corrected chi connectivity index (χ3v) is 3.60. The molecule has 0 fully saturated rings. The highest BCUT2D eigenvalue weighted by molar-refractivity contribution is 5.92. The van der Waals surface area contributed by atoms with Gasteiger partial charge in [-0.15, -0.1) is 0 Å². The minimum absolute atomic E-state index is 0.141. The molecule has 0 saturated heterocycles. The van der Waals surface area contributed by atoms with Gasteiger partial charge in [0.1, 0.15) is 18.6 Å². The Hall–Kier alpha value is -2.98. The Bertz CT molecular complexity index is 665. The normalized spacial score (nSPS) is 13.7. The largest absolute Gasteiger partial charge is 0.480 e. The summed E-state index contributed by atoms with van der Waals surface area (Å²) in [5.41, 5.74) is 6.34. The minimum atomic E-state index is -1.21. The van der Waals surface area contributed by atoms with Crippen LogP contribution in [0.5, 0.6) is 0 Å². The SMILES string of the molecule is CC(O)C(N)C(=O)NC(Cc1ccccc1)C(=O)NCC(=O)NCC(=O)O. The zero-order valence-corrected chi connectivity index (χ0v) is 14.8. The van der Waals surface area contributed by atoms with Gasteiger partial charge in [-0.1, -0.05) is 30.3 Å². The zero-order chi connectivity index (χ0) is 20.4. The number of hydrogen-bond acceptors (Lipinski definition) is 6. The van der Waals surface area contributed by atoms with Gasteiger partial charge in [0.05, 0.1) is 12.6 Å². The van der Waals surface area contributed by atoms with Gasteiger partial charge in [0.25, 0.3) is 0 Å². The number of rotatable bonds is 10. The highest BCUT2D eigenvalue weighted by Crippen LogP contribution is 2.04. The molecule has 0 spiro atoms. The Morgan fingerprint density at radius 3 is 2.22 bits per heavy atom. The lowest BCUT2D eigenvalue weighted by Gasteiger charge is -2.21. The van der Waals surface area contributed by atoms with E-state index in [9.17, 15) is 24.3 Å². The van der Waals surface area contributed by atoms with Crippen LogP contribution in [-0.2, 0) is 25.6 Å². The molecule has 0 aliphatic rings. The number of carboxylic acids is 1. The van der Waals surface area contributed by atoms with Gasteiger partial charge in [-0.2, -0.15) is 0 Å². The van der Waals surface area contributed by atoms with Crippen molar-refractivity contribution in [1.29, 1.82) is 0 Å². The number of aliphatic carboxylic acids is 1. The van der Waals surface area contributed by atoms with Crippen LogP contribution in [0.3, 0.4) is 0 Å². The number of carbonyl (C=O) groups excluding carboxylic acids is 3. The number of carbonyl (C=O) groups is 4. The summed E-state index contributed by atoms with van der Waals surface area (Å²) in [6, 6.07) is 6.63. The third-order valence-electron chi connectivity index (χ3n) is 3.60. The number of aliphatic hydroxyl groups is 1. The molecule has 1 aromatic rings. The Morgan fingerprint density at radius 1 is 1.04 bits per heavy atom. The van der Waals surface area contributed by atoms with E-state index in [1.807, 2.05) is 0 Å². The van der Waals surface area contributed by atoms with Crippen LogP contribution in [0.1, 0.15) is 12.5 Å². The van der Waals surface area contributed by atoms with Crippen molar-refractivity contribution < 1.29 is 29.4 Å². The Morgan fingerprint density at radius 2 is 1.67 bits per heavy atom. The number of amides is 3. The molecule has 0 saturated carbocycles. The summed E-state index contributed by atoms with van der Waals surface area (Å²) >= 11 is 0. The molecule has 10 heteroatoms. The van der Waals surface area contributed by atoms with Crippen molar-refractivity contribution in [3.8, 4) is 0 Å². The molecule has 1 rings (SSSR count). The molecular weight excluding hydrogens is 356 g/mol. The van der Waals surface area contributed by atoms with Crippen molar-refractivity contribution in [2.45, 2.75) is 31.5 Å². The number of nitrogens with two attached hydrogens (primary N) is 1. The summed E-state index contributed by atoms with van der Waals surface area (Å²) in [5, 5.41) is 24.8. The van der Waals surface area contributed by atoms with Crippen LogP contribution in [0, 0.1) is 0 Å². The molecule has 0 bridgehead atoms. The van der Waals surface area contributed by atoms with E-state index in [1.165, 1.54) is 6.92 Å². The van der Waals surface area contributed by atoms with Crippen LogP contribution >= 0.6 is 0 Å². The van der Waals surface area contributed by atoms with Crippen molar-refractivity contribution in [2.75, 3.05) is 13.1 Å². The van der Waals surface area contributed by atoms with Gasteiger partial charge < -0.3 is 31.9 Å². The molecule has 3 amide bonds. The van der Waals surface area contributed by atoms with Crippen molar-refractivity contribution in [1.82, 2.24) is 16.0 Å². The highest BCUT2D eigenvalue weighted by atomic mass is 16.4. The van der Waals surface area contributed by atoms with Crippen LogP contribution in [0.4, 0.5) is 0 Å². The Kier molecular flexibility index (Phi) is 8.90. The first-order valence-electron chi connectivity index (χ1n) is 8.25. The summed E-state index contributed by atoms with van der Waals surface area (Å²) in [7, 11) is 0. The zero-order valence-electron chi connectivity index (χ0n) is 14.8. The minimum Gasteiger partial charge on any atom is -0.480 e. The summed E-state index contributed by atoms with van der Waals surface area (Å²) in [4.78, 5) is 46.4. The molecule has 0 aliphatic carbocycles. The molecule has 3 unspecified atom stereocenters. The van der Waals surface area contributed by atoms with Crippen LogP contribution in [0.2, 0.25) is 0 Å². The van der Waals surface area contributed by atoms with E-state index in [2.05, 4.69) is 16.0 Å². The van der Waals surface area contributed by atoms with Gasteiger partial charge in [0, 0.05) is 6.42 Å². The fraction of sp³-hybridized carbons (Fsp3) is 0.412. The fourth-order valence-corrected chi connectivity index (χ4v) is 2.07. The number of aliphatic hydroxyl groups excluding tert-OH is 1. The topological polar surface area (TPSA) is 171 Å². The number of benzene rings is 1. The number of hydrogen-bond donors (Lipinski definition) is 6. The lowest BCUT2D eigenvalue weighted by atomic mass is 10.0. The first-order chi connectivity index (χ1) is 12.7.